The quantitative estimate of drug-likeness (QED) is 0.882. The Balaban J connectivity index is 1.53. The summed E-state index contributed by atoms with van der Waals surface area (Å²) < 4.78 is 0. The molecule has 5 nitrogen and oxygen atoms in total. The average Bonchev–Trinajstić information content (AvgIpc) is 2.93. The second-order valence-corrected chi connectivity index (χ2v) is 8.53. The van der Waals surface area contributed by atoms with E-state index in [-0.39, 0.29) is 17.4 Å². The molecule has 6 rings (SSSR count). The predicted molar refractivity (Wildman–Crippen MR) is 105 cm³/mol. The van der Waals surface area contributed by atoms with Gasteiger partial charge in [0.15, 0.2) is 0 Å². The van der Waals surface area contributed by atoms with Crippen molar-refractivity contribution in [3.8, 4) is 0 Å². The number of nitrogens with zero attached hydrogens (tertiary/aromatic N) is 3. The van der Waals surface area contributed by atoms with Crippen molar-refractivity contribution in [2.75, 3.05) is 39.3 Å². The Morgan fingerprint density at radius 3 is 2.48 bits per heavy atom. The first-order valence-corrected chi connectivity index (χ1v) is 9.93. The number of fused-ring (bicyclic) bond motifs is 1. The largest absolute Gasteiger partial charge is 0.348 e. The van der Waals surface area contributed by atoms with Crippen molar-refractivity contribution in [1.82, 2.24) is 20.1 Å². The molecule has 27 heavy (non-hydrogen) atoms. The topological polar surface area (TPSA) is 48.5 Å². The lowest BCUT2D eigenvalue weighted by Gasteiger charge is -2.55. The maximum Gasteiger partial charge on any atom is 0.253 e. The van der Waals surface area contributed by atoms with Crippen LogP contribution in [0.3, 0.4) is 0 Å². The van der Waals surface area contributed by atoms with Gasteiger partial charge in [0.1, 0.15) is 0 Å². The molecule has 4 saturated heterocycles. The van der Waals surface area contributed by atoms with Gasteiger partial charge in [-0.25, -0.2) is 0 Å². The Morgan fingerprint density at radius 2 is 1.81 bits per heavy atom. The minimum atomic E-state index is -0.0827. The van der Waals surface area contributed by atoms with Crippen molar-refractivity contribution in [2.45, 2.75) is 11.5 Å². The number of carbonyl (C=O) groups excluding carboxylic acids is 1. The zero-order valence-corrected chi connectivity index (χ0v) is 15.9. The molecule has 4 fully saturated rings. The van der Waals surface area contributed by atoms with E-state index in [2.05, 4.69) is 50.4 Å². The first-order valence-electron chi connectivity index (χ1n) is 9.56. The van der Waals surface area contributed by atoms with Crippen molar-refractivity contribution in [2.24, 2.45) is 5.92 Å². The fourth-order valence-electron chi connectivity index (χ4n) is 5.33. The molecule has 140 valence electrons. The second-order valence-electron chi connectivity index (χ2n) is 8.10. The molecule has 3 atom stereocenters. The van der Waals surface area contributed by atoms with Gasteiger partial charge < -0.3 is 15.1 Å². The number of halogens is 1. The molecule has 4 aliphatic rings. The first-order chi connectivity index (χ1) is 13.1. The summed E-state index contributed by atoms with van der Waals surface area (Å²) in [4.78, 5) is 22.2. The fraction of sp³-hybridized carbons (Fsp3) is 0.429. The van der Waals surface area contributed by atoms with Crippen LogP contribution in [0, 0.1) is 5.92 Å². The minimum Gasteiger partial charge on any atom is -0.348 e. The number of carbonyl (C=O) groups is 1. The highest BCUT2D eigenvalue weighted by atomic mass is 35.5. The lowest BCUT2D eigenvalue weighted by atomic mass is 9.64. The van der Waals surface area contributed by atoms with E-state index >= 15 is 0 Å². The molecule has 0 radical (unpaired) electrons. The van der Waals surface area contributed by atoms with Gasteiger partial charge in [-0.2, -0.15) is 0 Å². The van der Waals surface area contributed by atoms with E-state index in [4.69, 9.17) is 11.6 Å². The number of rotatable bonds is 3. The summed E-state index contributed by atoms with van der Waals surface area (Å²) >= 11 is 6.04. The van der Waals surface area contributed by atoms with E-state index in [1.807, 2.05) is 0 Å². The molecule has 6 heteroatoms. The van der Waals surface area contributed by atoms with Crippen LogP contribution in [0.2, 0.25) is 5.02 Å². The van der Waals surface area contributed by atoms with Crippen molar-refractivity contribution in [3.05, 3.63) is 64.9 Å². The van der Waals surface area contributed by atoms with Crippen molar-refractivity contribution >= 4 is 17.5 Å². The van der Waals surface area contributed by atoms with Gasteiger partial charge in [0.05, 0.1) is 10.6 Å². The standard InChI is InChI=1S/C21H23ClN4O/c22-18-8-15(9-23-10-18)20(27)24-19-16-11-25-6-7-26(12-16)14-21(19,13-25)17-4-2-1-3-5-17/h1-5,8-10,16,19H,6-7,11-14H2,(H,24,27)/t16?,19-,21?/m0/s1. The molecule has 0 spiro atoms. The van der Waals surface area contributed by atoms with Gasteiger partial charge in [0, 0.05) is 69.0 Å². The molecule has 1 amide bonds. The third-order valence-corrected chi connectivity index (χ3v) is 6.61. The van der Waals surface area contributed by atoms with E-state index in [1.165, 1.54) is 5.56 Å². The normalized spacial score (nSPS) is 34.3. The summed E-state index contributed by atoms with van der Waals surface area (Å²) in [5, 5.41) is 3.87. The molecular formula is C21H23ClN4O. The number of amides is 1. The molecule has 0 saturated carbocycles. The van der Waals surface area contributed by atoms with Crippen LogP contribution in [0.4, 0.5) is 0 Å². The van der Waals surface area contributed by atoms with E-state index < -0.39 is 0 Å². The van der Waals surface area contributed by atoms with Gasteiger partial charge in [0.2, 0.25) is 0 Å². The number of pyridine rings is 1. The Bertz CT molecular complexity index is 842. The van der Waals surface area contributed by atoms with Crippen LogP contribution in [0.1, 0.15) is 15.9 Å². The number of hydrogen-bond donors (Lipinski definition) is 1. The predicted octanol–water partition coefficient (Wildman–Crippen LogP) is 2.03. The summed E-state index contributed by atoms with van der Waals surface area (Å²) in [5.41, 5.74) is 1.76. The third-order valence-electron chi connectivity index (χ3n) is 6.40. The van der Waals surface area contributed by atoms with Gasteiger partial charge in [-0.15, -0.1) is 0 Å². The van der Waals surface area contributed by atoms with Gasteiger partial charge in [-0.3, -0.25) is 9.78 Å². The van der Waals surface area contributed by atoms with Crippen molar-refractivity contribution < 1.29 is 4.79 Å². The molecule has 2 aromatic rings. The lowest BCUT2D eigenvalue weighted by molar-refractivity contribution is 0.0180. The monoisotopic (exact) mass is 382 g/mol. The van der Waals surface area contributed by atoms with Crippen LogP contribution in [-0.4, -0.2) is 66.0 Å². The number of benzene rings is 1. The molecule has 1 aromatic carbocycles. The lowest BCUT2D eigenvalue weighted by Crippen LogP contribution is -2.70. The Kier molecular flexibility index (Phi) is 4.19. The molecule has 4 bridgehead atoms. The fourth-order valence-corrected chi connectivity index (χ4v) is 5.50. The van der Waals surface area contributed by atoms with Crippen LogP contribution in [0.15, 0.2) is 48.8 Å². The zero-order valence-electron chi connectivity index (χ0n) is 15.1. The zero-order chi connectivity index (χ0) is 18.4. The van der Waals surface area contributed by atoms with E-state index in [1.54, 1.807) is 18.5 Å². The summed E-state index contributed by atoms with van der Waals surface area (Å²) in [6, 6.07) is 12.5. The van der Waals surface area contributed by atoms with E-state index in [0.29, 0.717) is 16.5 Å². The van der Waals surface area contributed by atoms with Gasteiger partial charge in [0.25, 0.3) is 5.91 Å². The molecule has 1 aromatic heterocycles. The van der Waals surface area contributed by atoms with E-state index in [9.17, 15) is 4.79 Å². The smallest absolute Gasteiger partial charge is 0.253 e. The molecular weight excluding hydrogens is 360 g/mol. The highest BCUT2D eigenvalue weighted by molar-refractivity contribution is 6.30. The molecule has 5 heterocycles. The van der Waals surface area contributed by atoms with Crippen LogP contribution >= 0.6 is 11.6 Å². The van der Waals surface area contributed by atoms with Gasteiger partial charge >= 0.3 is 0 Å². The second kappa shape index (κ2) is 6.59. The number of hydrogen-bond acceptors (Lipinski definition) is 4. The molecule has 0 aliphatic carbocycles. The van der Waals surface area contributed by atoms with Crippen LogP contribution in [-0.2, 0) is 5.41 Å². The number of nitrogens with one attached hydrogen (secondary N) is 1. The Morgan fingerprint density at radius 1 is 1.11 bits per heavy atom. The van der Waals surface area contributed by atoms with Crippen LogP contribution in [0.5, 0.6) is 0 Å². The van der Waals surface area contributed by atoms with Crippen LogP contribution < -0.4 is 5.32 Å². The molecule has 4 aliphatic heterocycles. The first kappa shape index (κ1) is 17.2. The highest BCUT2D eigenvalue weighted by Gasteiger charge is 2.55. The number of aromatic nitrogens is 1. The number of piperidine rings is 2. The summed E-state index contributed by atoms with van der Waals surface area (Å²) in [7, 11) is 0. The SMILES string of the molecule is O=C(N[C@H]1C2CN3CCN(C2)CC1(c1ccccc1)C3)c1cncc(Cl)c1. The minimum absolute atomic E-state index is 0.0820. The Hall–Kier alpha value is -1.95. The maximum absolute atomic E-state index is 13.0. The highest BCUT2D eigenvalue weighted by Crippen LogP contribution is 2.43. The van der Waals surface area contributed by atoms with Gasteiger partial charge in [-0.05, 0) is 11.6 Å². The summed E-state index contributed by atoms with van der Waals surface area (Å²) in [6.45, 7) is 6.30. The average molecular weight is 383 g/mol. The Labute approximate surface area is 164 Å². The van der Waals surface area contributed by atoms with Crippen molar-refractivity contribution in [3.63, 3.8) is 0 Å². The maximum atomic E-state index is 13.0. The van der Waals surface area contributed by atoms with E-state index in [0.717, 1.165) is 39.3 Å². The van der Waals surface area contributed by atoms with Crippen LogP contribution in [0.25, 0.3) is 0 Å². The summed E-state index contributed by atoms with van der Waals surface area (Å²) in [5.74, 6) is 0.341. The summed E-state index contributed by atoms with van der Waals surface area (Å²) in [6.07, 6.45) is 3.14. The van der Waals surface area contributed by atoms with Crippen molar-refractivity contribution in [1.29, 1.82) is 0 Å². The third kappa shape index (κ3) is 2.94. The molecule has 2 unspecified atom stereocenters. The molecule has 1 N–H and O–H groups in total. The van der Waals surface area contributed by atoms with Gasteiger partial charge in [-0.1, -0.05) is 41.9 Å².